The maximum absolute atomic E-state index is 12.9. The zero-order valence-electron chi connectivity index (χ0n) is 16.8. The summed E-state index contributed by atoms with van der Waals surface area (Å²) in [5, 5.41) is 11.8. The third kappa shape index (κ3) is 3.68. The molecule has 0 bridgehead atoms. The van der Waals surface area contributed by atoms with Gasteiger partial charge in [0, 0.05) is 17.8 Å². The van der Waals surface area contributed by atoms with Crippen LogP contribution in [0.4, 0.5) is 0 Å². The Morgan fingerprint density at radius 2 is 2.11 bits per heavy atom. The molecule has 0 aromatic carbocycles. The molecule has 2 aromatic rings. The number of aryl methyl sites for hydroxylation is 2. The van der Waals surface area contributed by atoms with Crippen molar-refractivity contribution in [3.05, 3.63) is 33.0 Å². The maximum Gasteiger partial charge on any atom is 0.261 e. The van der Waals surface area contributed by atoms with Gasteiger partial charge in [-0.2, -0.15) is 0 Å². The minimum Gasteiger partial charge on any atom is -0.342 e. The molecule has 1 amide bonds. The topological polar surface area (TPSA) is 59.8 Å². The SMILES string of the molecule is C[C@H](NC(=O)c1cc2c(s1)CC[C@@H](C(C)(C)C)C2)c1nnc2n1CCCC2. The van der Waals surface area contributed by atoms with E-state index < -0.39 is 0 Å². The number of aromatic nitrogens is 3. The Kier molecular flexibility index (Phi) is 4.87. The van der Waals surface area contributed by atoms with Gasteiger partial charge in [-0.05, 0) is 62.0 Å². The van der Waals surface area contributed by atoms with Crippen molar-refractivity contribution in [3.8, 4) is 0 Å². The van der Waals surface area contributed by atoms with Crippen molar-refractivity contribution in [2.75, 3.05) is 0 Å². The molecule has 0 unspecified atom stereocenters. The van der Waals surface area contributed by atoms with Gasteiger partial charge in [0.05, 0.1) is 10.9 Å². The van der Waals surface area contributed by atoms with Crippen LogP contribution in [0.1, 0.15) is 84.8 Å². The normalized spacial score (nSPS) is 20.7. The predicted octanol–water partition coefficient (Wildman–Crippen LogP) is 4.32. The molecule has 0 saturated heterocycles. The van der Waals surface area contributed by atoms with Crippen LogP contribution in [0.5, 0.6) is 0 Å². The lowest BCUT2D eigenvalue weighted by Gasteiger charge is -2.33. The molecule has 5 nitrogen and oxygen atoms in total. The van der Waals surface area contributed by atoms with E-state index in [1.807, 2.05) is 6.92 Å². The molecule has 146 valence electrons. The molecule has 1 aliphatic carbocycles. The summed E-state index contributed by atoms with van der Waals surface area (Å²) in [4.78, 5) is 15.1. The monoisotopic (exact) mass is 386 g/mol. The number of thiophene rings is 1. The molecule has 2 aliphatic rings. The van der Waals surface area contributed by atoms with Gasteiger partial charge in [0.15, 0.2) is 5.82 Å². The van der Waals surface area contributed by atoms with Gasteiger partial charge in [-0.25, -0.2) is 0 Å². The molecule has 27 heavy (non-hydrogen) atoms. The Bertz CT molecular complexity index is 845. The Morgan fingerprint density at radius 1 is 1.30 bits per heavy atom. The molecule has 2 aromatic heterocycles. The second-order valence-corrected chi connectivity index (χ2v) is 10.3. The molecule has 0 fully saturated rings. The summed E-state index contributed by atoms with van der Waals surface area (Å²) in [6, 6.07) is 2.00. The van der Waals surface area contributed by atoms with E-state index >= 15 is 0 Å². The van der Waals surface area contributed by atoms with Crippen LogP contribution in [-0.4, -0.2) is 20.7 Å². The second kappa shape index (κ2) is 7.04. The van der Waals surface area contributed by atoms with Crippen LogP contribution in [0, 0.1) is 11.3 Å². The third-order valence-corrected chi connectivity index (χ3v) is 7.39. The van der Waals surface area contributed by atoms with E-state index in [-0.39, 0.29) is 11.9 Å². The highest BCUT2D eigenvalue weighted by Crippen LogP contribution is 2.40. The summed E-state index contributed by atoms with van der Waals surface area (Å²) >= 11 is 1.67. The molecule has 4 rings (SSSR count). The standard InChI is InChI=1S/C21H30N4OS/c1-13(19-24-23-18-7-5-6-10-25(18)19)22-20(26)17-12-14-11-15(21(2,3)4)8-9-16(14)27-17/h12-13,15H,5-11H2,1-4H3,(H,22,26)/t13-,15+/m0/s1. The average molecular weight is 387 g/mol. The molecule has 1 N–H and O–H groups in total. The van der Waals surface area contributed by atoms with E-state index in [4.69, 9.17) is 0 Å². The number of carbonyl (C=O) groups is 1. The van der Waals surface area contributed by atoms with Gasteiger partial charge in [-0.1, -0.05) is 20.8 Å². The Hall–Kier alpha value is -1.69. The molecular formula is C21H30N4OS. The number of carbonyl (C=O) groups excluding carboxylic acids is 1. The Balaban J connectivity index is 1.47. The van der Waals surface area contributed by atoms with Crippen LogP contribution in [0.25, 0.3) is 0 Å². The number of nitrogens with zero attached hydrogens (tertiary/aromatic N) is 3. The van der Waals surface area contributed by atoms with E-state index in [9.17, 15) is 4.79 Å². The minimum absolute atomic E-state index is 0.0161. The Morgan fingerprint density at radius 3 is 2.89 bits per heavy atom. The molecular weight excluding hydrogens is 356 g/mol. The van der Waals surface area contributed by atoms with E-state index in [1.165, 1.54) is 23.3 Å². The van der Waals surface area contributed by atoms with Crippen LogP contribution in [0.3, 0.4) is 0 Å². The van der Waals surface area contributed by atoms with E-state index in [0.717, 1.165) is 48.8 Å². The zero-order chi connectivity index (χ0) is 19.2. The summed E-state index contributed by atoms with van der Waals surface area (Å²) in [7, 11) is 0. The van der Waals surface area contributed by atoms with Gasteiger partial charge in [0.2, 0.25) is 0 Å². The molecule has 1 aliphatic heterocycles. The fraction of sp³-hybridized carbons (Fsp3) is 0.667. The van der Waals surface area contributed by atoms with Crippen LogP contribution in [-0.2, 0) is 25.8 Å². The lowest BCUT2D eigenvalue weighted by Crippen LogP contribution is -2.29. The molecule has 0 radical (unpaired) electrons. The summed E-state index contributed by atoms with van der Waals surface area (Å²) in [6.45, 7) is 9.93. The summed E-state index contributed by atoms with van der Waals surface area (Å²) in [5.74, 6) is 2.64. The first kappa shape index (κ1) is 18.7. The van der Waals surface area contributed by atoms with Crippen molar-refractivity contribution in [2.45, 2.75) is 78.8 Å². The van der Waals surface area contributed by atoms with Crippen LogP contribution < -0.4 is 5.32 Å². The van der Waals surface area contributed by atoms with Gasteiger partial charge < -0.3 is 9.88 Å². The first-order chi connectivity index (χ1) is 12.8. The van der Waals surface area contributed by atoms with Gasteiger partial charge >= 0.3 is 0 Å². The second-order valence-electron chi connectivity index (χ2n) is 9.14. The van der Waals surface area contributed by atoms with Crippen molar-refractivity contribution < 1.29 is 4.79 Å². The number of hydrogen-bond acceptors (Lipinski definition) is 4. The third-order valence-electron chi connectivity index (χ3n) is 6.15. The van der Waals surface area contributed by atoms with Crippen molar-refractivity contribution >= 4 is 17.2 Å². The largest absolute Gasteiger partial charge is 0.342 e. The highest BCUT2D eigenvalue weighted by Gasteiger charge is 2.31. The molecule has 0 saturated carbocycles. The number of fused-ring (bicyclic) bond motifs is 2. The van der Waals surface area contributed by atoms with Gasteiger partial charge in [-0.15, -0.1) is 21.5 Å². The van der Waals surface area contributed by atoms with Crippen molar-refractivity contribution in [2.24, 2.45) is 11.3 Å². The van der Waals surface area contributed by atoms with Crippen molar-refractivity contribution in [1.82, 2.24) is 20.1 Å². The molecule has 0 spiro atoms. The van der Waals surface area contributed by atoms with Gasteiger partial charge in [0.25, 0.3) is 5.91 Å². The van der Waals surface area contributed by atoms with E-state index in [0.29, 0.717) is 11.3 Å². The van der Waals surface area contributed by atoms with Gasteiger partial charge in [-0.3, -0.25) is 4.79 Å². The van der Waals surface area contributed by atoms with Crippen LogP contribution in [0.2, 0.25) is 0 Å². The lowest BCUT2D eigenvalue weighted by molar-refractivity contribution is 0.0941. The number of nitrogens with one attached hydrogen (secondary N) is 1. The highest BCUT2D eigenvalue weighted by atomic mass is 32.1. The molecule has 6 heteroatoms. The number of hydrogen-bond donors (Lipinski definition) is 1. The molecule has 2 atom stereocenters. The Labute approximate surface area is 165 Å². The fourth-order valence-electron chi connectivity index (χ4n) is 4.36. The first-order valence-electron chi connectivity index (χ1n) is 10.2. The fourth-order valence-corrected chi connectivity index (χ4v) is 5.47. The molecule has 3 heterocycles. The lowest BCUT2D eigenvalue weighted by atomic mass is 9.72. The number of amides is 1. The van der Waals surface area contributed by atoms with E-state index in [1.54, 1.807) is 11.3 Å². The summed E-state index contributed by atoms with van der Waals surface area (Å²) in [5.41, 5.74) is 1.70. The quantitative estimate of drug-likeness (QED) is 0.855. The summed E-state index contributed by atoms with van der Waals surface area (Å²) in [6.07, 6.45) is 6.74. The first-order valence-corrected chi connectivity index (χ1v) is 11.0. The smallest absolute Gasteiger partial charge is 0.261 e. The maximum atomic E-state index is 12.9. The van der Waals surface area contributed by atoms with Crippen molar-refractivity contribution in [1.29, 1.82) is 0 Å². The number of rotatable bonds is 3. The minimum atomic E-state index is -0.127. The van der Waals surface area contributed by atoms with Crippen molar-refractivity contribution in [3.63, 3.8) is 0 Å². The van der Waals surface area contributed by atoms with E-state index in [2.05, 4.69) is 46.9 Å². The van der Waals surface area contributed by atoms with Crippen LogP contribution in [0.15, 0.2) is 6.07 Å². The zero-order valence-corrected chi connectivity index (χ0v) is 17.7. The average Bonchev–Trinajstić information content (AvgIpc) is 3.24. The van der Waals surface area contributed by atoms with Crippen LogP contribution >= 0.6 is 11.3 Å². The van der Waals surface area contributed by atoms with Gasteiger partial charge in [0.1, 0.15) is 5.82 Å². The predicted molar refractivity (Wildman–Crippen MR) is 108 cm³/mol. The highest BCUT2D eigenvalue weighted by molar-refractivity contribution is 7.14. The summed E-state index contributed by atoms with van der Waals surface area (Å²) < 4.78 is 2.18.